The van der Waals surface area contributed by atoms with Gasteiger partial charge >= 0.3 is 11.9 Å². The molecule has 1 aliphatic rings. The van der Waals surface area contributed by atoms with Crippen LogP contribution in [0.15, 0.2) is 36.4 Å². The quantitative estimate of drug-likeness (QED) is 0.242. The molecule has 3 aromatic rings. The molecule has 208 valence electrons. The van der Waals surface area contributed by atoms with Gasteiger partial charge in [0, 0.05) is 6.54 Å². The number of carbonyl (C=O) groups is 2. The fourth-order valence-corrected chi connectivity index (χ4v) is 5.98. The molecule has 1 N–H and O–H groups in total. The van der Waals surface area contributed by atoms with E-state index in [0.717, 1.165) is 47.0 Å². The molecule has 0 unspecified atom stereocenters. The minimum absolute atomic E-state index is 0.0620. The summed E-state index contributed by atoms with van der Waals surface area (Å²) >= 11 is 0. The van der Waals surface area contributed by atoms with Crippen LogP contribution in [0, 0.1) is 0 Å². The molecule has 0 atom stereocenters. The number of ether oxygens (including phenoxy) is 3. The van der Waals surface area contributed by atoms with Crippen molar-refractivity contribution in [3.63, 3.8) is 0 Å². The average molecular weight is 550 g/mol. The number of aryl methyl sites for hydroxylation is 1. The van der Waals surface area contributed by atoms with E-state index in [1.165, 1.54) is 14.2 Å². The highest BCUT2D eigenvalue weighted by atomic mass is 28.4. The number of esters is 2. The molecule has 0 saturated carbocycles. The van der Waals surface area contributed by atoms with E-state index >= 15 is 0 Å². The largest absolute Gasteiger partial charge is 0.542 e. The van der Waals surface area contributed by atoms with Crippen molar-refractivity contribution in [3.8, 4) is 11.5 Å². The molecular formula is C31H39NO6Si. The normalized spacial score (nSPS) is 13.1. The number of fused-ring (bicyclic) bond motifs is 3. The molecule has 0 amide bonds. The van der Waals surface area contributed by atoms with E-state index < -0.39 is 20.3 Å². The number of rotatable bonds is 8. The van der Waals surface area contributed by atoms with Crippen LogP contribution in [0.1, 0.15) is 64.6 Å². The molecule has 8 heteroatoms. The number of carbonyl (C=O) groups excluding carboxylic acids is 2. The van der Waals surface area contributed by atoms with Crippen molar-refractivity contribution in [2.24, 2.45) is 0 Å². The van der Waals surface area contributed by atoms with Crippen molar-refractivity contribution < 1.29 is 28.2 Å². The standard InChI is InChI=1S/C31H39NO6Si/c1-31(2,3)39(7,8)38-27-24-22(17-23(29(33)36-5)25(27)30(34)37-6)20-15-12-16-21(20)26(28(24)35-4)32-18-19-13-10-9-11-14-19/h9-11,13-14,17,32H,12,15-16,18H2,1-8H3. The molecule has 39 heavy (non-hydrogen) atoms. The number of nitrogens with one attached hydrogen (secondary N) is 1. The molecule has 0 spiro atoms. The number of benzene rings is 3. The maximum atomic E-state index is 13.3. The zero-order valence-corrected chi connectivity index (χ0v) is 25.2. The van der Waals surface area contributed by atoms with Crippen molar-refractivity contribution >= 4 is 36.7 Å². The van der Waals surface area contributed by atoms with Crippen LogP contribution in [-0.2, 0) is 28.9 Å². The third kappa shape index (κ3) is 5.22. The summed E-state index contributed by atoms with van der Waals surface area (Å²) in [5, 5.41) is 4.97. The molecule has 0 aliphatic heterocycles. The molecule has 0 heterocycles. The summed E-state index contributed by atoms with van der Waals surface area (Å²) in [6.07, 6.45) is 2.69. The second-order valence-corrected chi connectivity index (χ2v) is 16.2. The van der Waals surface area contributed by atoms with Gasteiger partial charge in [-0.1, -0.05) is 51.1 Å². The summed E-state index contributed by atoms with van der Waals surface area (Å²) in [6, 6.07) is 11.9. The minimum atomic E-state index is -2.51. The Morgan fingerprint density at radius 2 is 1.56 bits per heavy atom. The lowest BCUT2D eigenvalue weighted by Crippen LogP contribution is -2.44. The van der Waals surface area contributed by atoms with Gasteiger partial charge in [0.1, 0.15) is 11.3 Å². The van der Waals surface area contributed by atoms with Crippen molar-refractivity contribution in [2.75, 3.05) is 26.6 Å². The lowest BCUT2D eigenvalue weighted by molar-refractivity contribution is 0.0553. The van der Waals surface area contributed by atoms with E-state index in [-0.39, 0.29) is 16.2 Å². The van der Waals surface area contributed by atoms with Gasteiger partial charge in [-0.05, 0) is 65.5 Å². The van der Waals surface area contributed by atoms with Gasteiger partial charge < -0.3 is 24.0 Å². The van der Waals surface area contributed by atoms with Gasteiger partial charge in [-0.15, -0.1) is 0 Å². The minimum Gasteiger partial charge on any atom is -0.542 e. The third-order valence-corrected chi connectivity index (χ3v) is 12.4. The second-order valence-electron chi connectivity index (χ2n) is 11.5. The molecule has 0 radical (unpaired) electrons. The fraction of sp³-hybridized carbons (Fsp3) is 0.419. The zero-order valence-electron chi connectivity index (χ0n) is 24.2. The van der Waals surface area contributed by atoms with Crippen LogP contribution in [0.25, 0.3) is 10.8 Å². The molecule has 4 rings (SSSR count). The van der Waals surface area contributed by atoms with E-state index in [0.29, 0.717) is 23.4 Å². The number of hydrogen-bond acceptors (Lipinski definition) is 7. The second kappa shape index (κ2) is 10.9. The van der Waals surface area contributed by atoms with Gasteiger partial charge in [0.15, 0.2) is 5.75 Å². The van der Waals surface area contributed by atoms with Crippen LogP contribution >= 0.6 is 0 Å². The van der Waals surface area contributed by atoms with Crippen LogP contribution in [0.5, 0.6) is 11.5 Å². The van der Waals surface area contributed by atoms with E-state index in [4.69, 9.17) is 18.6 Å². The first kappa shape index (κ1) is 28.5. The fourth-order valence-electron chi connectivity index (χ4n) is 4.96. The molecule has 0 aromatic heterocycles. The molecular weight excluding hydrogens is 510 g/mol. The summed E-state index contributed by atoms with van der Waals surface area (Å²) in [6.45, 7) is 11.2. The van der Waals surface area contributed by atoms with Crippen LogP contribution in [0.2, 0.25) is 18.1 Å². The average Bonchev–Trinajstić information content (AvgIpc) is 3.40. The van der Waals surface area contributed by atoms with E-state index in [2.05, 4.69) is 51.3 Å². The topological polar surface area (TPSA) is 83.1 Å². The molecule has 3 aromatic carbocycles. The Bertz CT molecular complexity index is 1410. The molecule has 0 bridgehead atoms. The van der Waals surface area contributed by atoms with Gasteiger partial charge in [-0.25, -0.2) is 9.59 Å². The van der Waals surface area contributed by atoms with Crippen LogP contribution in [-0.4, -0.2) is 41.6 Å². The van der Waals surface area contributed by atoms with Gasteiger partial charge in [-0.3, -0.25) is 0 Å². The van der Waals surface area contributed by atoms with Gasteiger partial charge in [0.25, 0.3) is 8.32 Å². The maximum absolute atomic E-state index is 13.3. The Morgan fingerprint density at radius 1 is 0.923 bits per heavy atom. The molecule has 1 aliphatic carbocycles. The lowest BCUT2D eigenvalue weighted by Gasteiger charge is -2.37. The highest BCUT2D eigenvalue weighted by Crippen LogP contribution is 2.51. The van der Waals surface area contributed by atoms with Crippen molar-refractivity contribution in [2.45, 2.75) is 64.7 Å². The zero-order chi connectivity index (χ0) is 28.5. The number of hydrogen-bond donors (Lipinski definition) is 1. The Kier molecular flexibility index (Phi) is 7.98. The van der Waals surface area contributed by atoms with Crippen molar-refractivity contribution in [1.29, 1.82) is 0 Å². The Hall–Kier alpha value is -3.52. The van der Waals surface area contributed by atoms with Crippen LogP contribution in [0.4, 0.5) is 5.69 Å². The third-order valence-electron chi connectivity index (χ3n) is 8.05. The van der Waals surface area contributed by atoms with E-state index in [9.17, 15) is 9.59 Å². The predicted molar refractivity (Wildman–Crippen MR) is 157 cm³/mol. The maximum Gasteiger partial charge on any atom is 0.342 e. The van der Waals surface area contributed by atoms with Gasteiger partial charge in [0.2, 0.25) is 0 Å². The predicted octanol–water partition coefficient (Wildman–Crippen LogP) is 6.91. The molecule has 7 nitrogen and oxygen atoms in total. The summed E-state index contributed by atoms with van der Waals surface area (Å²) in [5.74, 6) is -0.362. The summed E-state index contributed by atoms with van der Waals surface area (Å²) < 4.78 is 23.3. The molecule has 0 saturated heterocycles. The van der Waals surface area contributed by atoms with E-state index in [1.807, 2.05) is 18.2 Å². The number of methoxy groups -OCH3 is 3. The summed E-state index contributed by atoms with van der Waals surface area (Å²) in [5.41, 5.74) is 4.51. The summed E-state index contributed by atoms with van der Waals surface area (Å²) in [7, 11) is 1.74. The monoisotopic (exact) mass is 549 g/mol. The number of anilines is 1. The van der Waals surface area contributed by atoms with Crippen molar-refractivity contribution in [3.05, 3.63) is 64.2 Å². The lowest BCUT2D eigenvalue weighted by atomic mass is 9.92. The SMILES string of the molecule is COC(=O)c1cc2c3c(c(NCc4ccccc4)c(OC)c2c(O[Si](C)(C)C(C)(C)C)c1C(=O)OC)CCC3. The highest BCUT2D eigenvalue weighted by Gasteiger charge is 2.42. The van der Waals surface area contributed by atoms with Gasteiger partial charge in [-0.2, -0.15) is 0 Å². The first-order valence-electron chi connectivity index (χ1n) is 13.3. The Balaban J connectivity index is 2.11. The van der Waals surface area contributed by atoms with Crippen molar-refractivity contribution in [1.82, 2.24) is 0 Å². The van der Waals surface area contributed by atoms with Gasteiger partial charge in [0.05, 0.1) is 38.0 Å². The van der Waals surface area contributed by atoms with Crippen LogP contribution < -0.4 is 14.5 Å². The Morgan fingerprint density at radius 3 is 2.15 bits per heavy atom. The first-order valence-corrected chi connectivity index (χ1v) is 16.2. The first-order chi connectivity index (χ1) is 18.4. The van der Waals surface area contributed by atoms with Crippen LogP contribution in [0.3, 0.4) is 0 Å². The smallest absolute Gasteiger partial charge is 0.342 e. The summed E-state index contributed by atoms with van der Waals surface area (Å²) in [4.78, 5) is 26.4. The highest BCUT2D eigenvalue weighted by molar-refractivity contribution is 6.75. The Labute approximate surface area is 231 Å². The molecule has 0 fully saturated rings. The van der Waals surface area contributed by atoms with E-state index in [1.54, 1.807) is 13.2 Å².